The zero-order chi connectivity index (χ0) is 40.9. The molecule has 0 aliphatic rings. The van der Waals surface area contributed by atoms with Gasteiger partial charge in [-0.1, -0.05) is 72.8 Å². The number of nitrogens with zero attached hydrogens (tertiary/aromatic N) is 9. The third kappa shape index (κ3) is 5.59. The molecule has 0 aliphatic heterocycles. The SMILES string of the molecule is [C-]#[N+]c1ccc2c(c1)c1cc([N+]#[C-])ccc1n2-c1cc(C#N)cc(-n2c3ccc(C#N)cc3c3cc(C#N)ccc32)c1-c1nc(-c2ccccc2)cc(-c2ccccc2)n1. The minimum atomic E-state index is 0.356. The van der Waals surface area contributed by atoms with Crippen LogP contribution in [0.2, 0.25) is 0 Å². The summed E-state index contributed by atoms with van der Waals surface area (Å²) in [5.74, 6) is 0.382. The topological polar surface area (TPSA) is 116 Å². The molecule has 0 atom stereocenters. The van der Waals surface area contributed by atoms with E-state index < -0.39 is 0 Å². The van der Waals surface area contributed by atoms with E-state index in [0.717, 1.165) is 54.7 Å². The normalized spacial score (nSPS) is 10.9. The summed E-state index contributed by atoms with van der Waals surface area (Å²) >= 11 is 0. The molecule has 9 nitrogen and oxygen atoms in total. The fourth-order valence-corrected chi connectivity index (χ4v) is 8.15. The average Bonchev–Trinajstić information content (AvgIpc) is 3.82. The smallest absolute Gasteiger partial charge is 0.188 e. The van der Waals surface area contributed by atoms with E-state index in [1.807, 2.05) is 127 Å². The Kier molecular flexibility index (Phi) is 8.19. The Morgan fingerprint density at radius 3 is 1.23 bits per heavy atom. The zero-order valence-electron chi connectivity index (χ0n) is 31.5. The van der Waals surface area contributed by atoms with Gasteiger partial charge in [0.25, 0.3) is 0 Å². The Labute approximate surface area is 343 Å². The van der Waals surface area contributed by atoms with E-state index in [1.54, 1.807) is 24.3 Å². The highest BCUT2D eigenvalue weighted by molar-refractivity contribution is 6.13. The molecule has 60 heavy (non-hydrogen) atoms. The Balaban J connectivity index is 1.43. The molecule has 7 aromatic carbocycles. The van der Waals surface area contributed by atoms with E-state index in [4.69, 9.17) is 23.1 Å². The van der Waals surface area contributed by atoms with Crippen LogP contribution in [0.3, 0.4) is 0 Å². The molecule has 3 aromatic heterocycles. The maximum atomic E-state index is 10.8. The third-order valence-electron chi connectivity index (χ3n) is 10.8. The van der Waals surface area contributed by atoms with E-state index in [9.17, 15) is 15.8 Å². The van der Waals surface area contributed by atoms with E-state index in [0.29, 0.717) is 62.2 Å². The van der Waals surface area contributed by atoms with E-state index in [-0.39, 0.29) is 0 Å². The molecule has 0 spiro atoms. The van der Waals surface area contributed by atoms with Crippen molar-refractivity contribution in [3.05, 3.63) is 191 Å². The molecular weight excluding hydrogens is 739 g/mol. The van der Waals surface area contributed by atoms with Crippen molar-refractivity contribution in [3.63, 3.8) is 0 Å². The maximum absolute atomic E-state index is 10.8. The fraction of sp³-hybridized carbons (Fsp3) is 0. The summed E-state index contributed by atoms with van der Waals surface area (Å²) in [6.07, 6.45) is 0. The van der Waals surface area contributed by atoms with Crippen molar-refractivity contribution < 1.29 is 0 Å². The van der Waals surface area contributed by atoms with Gasteiger partial charge in [0, 0.05) is 21.9 Å². The lowest BCUT2D eigenvalue weighted by molar-refractivity contribution is 1.10. The molecular formula is C51H25N9. The second kappa shape index (κ2) is 14.0. The van der Waals surface area contributed by atoms with Gasteiger partial charge < -0.3 is 9.13 Å². The number of benzene rings is 7. The van der Waals surface area contributed by atoms with Crippen LogP contribution >= 0.6 is 0 Å². The number of fused-ring (bicyclic) bond motifs is 6. The van der Waals surface area contributed by atoms with Gasteiger partial charge in [-0.05, 0) is 89.6 Å². The summed E-state index contributed by atoms with van der Waals surface area (Å²) in [5.41, 5.74) is 10.1. The first-order valence-electron chi connectivity index (χ1n) is 18.8. The summed E-state index contributed by atoms with van der Waals surface area (Å²) in [6, 6.07) is 54.3. The lowest BCUT2D eigenvalue weighted by Crippen LogP contribution is -2.07. The van der Waals surface area contributed by atoms with Gasteiger partial charge in [-0.25, -0.2) is 19.7 Å². The first kappa shape index (κ1) is 35.1. The molecule has 0 aliphatic carbocycles. The summed E-state index contributed by atoms with van der Waals surface area (Å²) in [7, 11) is 0. The van der Waals surface area contributed by atoms with Gasteiger partial charge in [0.05, 0.1) is 98.4 Å². The van der Waals surface area contributed by atoms with Crippen LogP contribution in [-0.4, -0.2) is 19.1 Å². The highest BCUT2D eigenvalue weighted by Crippen LogP contribution is 2.44. The number of aromatic nitrogens is 4. The molecule has 0 fully saturated rings. The first-order chi connectivity index (χ1) is 29.5. The van der Waals surface area contributed by atoms with Crippen LogP contribution in [0.5, 0.6) is 0 Å². The Morgan fingerprint density at radius 2 is 0.833 bits per heavy atom. The molecule has 0 saturated heterocycles. The van der Waals surface area contributed by atoms with Crippen molar-refractivity contribution in [1.29, 1.82) is 15.8 Å². The highest BCUT2D eigenvalue weighted by atomic mass is 15.0. The number of hydrogen-bond donors (Lipinski definition) is 0. The van der Waals surface area contributed by atoms with Crippen molar-refractivity contribution in [3.8, 4) is 63.5 Å². The lowest BCUT2D eigenvalue weighted by atomic mass is 10.0. The molecule has 10 rings (SSSR count). The van der Waals surface area contributed by atoms with Crippen molar-refractivity contribution in [2.24, 2.45) is 0 Å². The molecule has 10 aromatic rings. The molecule has 9 heteroatoms. The Hall–Kier alpha value is -9.33. The van der Waals surface area contributed by atoms with Gasteiger partial charge in [-0.3, -0.25) is 0 Å². The van der Waals surface area contributed by atoms with Crippen LogP contribution in [0, 0.1) is 47.1 Å². The van der Waals surface area contributed by atoms with Crippen LogP contribution < -0.4 is 0 Å². The third-order valence-corrected chi connectivity index (χ3v) is 10.8. The van der Waals surface area contributed by atoms with E-state index in [1.165, 1.54) is 0 Å². The Morgan fingerprint density at radius 1 is 0.433 bits per heavy atom. The molecule has 0 amide bonds. The van der Waals surface area contributed by atoms with Crippen LogP contribution in [-0.2, 0) is 0 Å². The quantitative estimate of drug-likeness (QED) is 0.162. The predicted octanol–water partition coefficient (Wildman–Crippen LogP) is 12.4. The number of rotatable bonds is 5. The second-order valence-electron chi connectivity index (χ2n) is 14.2. The van der Waals surface area contributed by atoms with Crippen LogP contribution in [0.15, 0.2) is 152 Å². The van der Waals surface area contributed by atoms with E-state index >= 15 is 0 Å². The standard InChI is InChI=1S/C51H25N9/c1-55-36-15-19-46-40(25-36)41-26-37(56-2)16-20-47(41)60(46)49-24-33(30-54)23-48(59-44-17-13-31(28-52)21-38(44)39-22-32(29-53)14-18-45(39)59)50(49)51-57-42(34-9-5-3-6-10-34)27-43(58-51)35-11-7-4-8-12-35/h3-27H. The molecule has 274 valence electrons. The average molecular weight is 764 g/mol. The zero-order valence-corrected chi connectivity index (χ0v) is 31.5. The van der Waals surface area contributed by atoms with Gasteiger partial charge in [-0.15, -0.1) is 0 Å². The first-order valence-corrected chi connectivity index (χ1v) is 18.8. The summed E-state index contributed by atoms with van der Waals surface area (Å²) in [5, 5.41) is 33.8. The summed E-state index contributed by atoms with van der Waals surface area (Å²) < 4.78 is 4.11. The summed E-state index contributed by atoms with van der Waals surface area (Å²) in [4.78, 5) is 18.1. The molecule has 0 unspecified atom stereocenters. The van der Waals surface area contributed by atoms with Crippen LogP contribution in [0.4, 0.5) is 11.4 Å². The number of nitriles is 3. The van der Waals surface area contributed by atoms with Gasteiger partial charge >= 0.3 is 0 Å². The van der Waals surface area contributed by atoms with Crippen molar-refractivity contribution >= 4 is 55.0 Å². The van der Waals surface area contributed by atoms with Gasteiger partial charge in [0.15, 0.2) is 17.2 Å². The Bertz CT molecular complexity index is 3280. The molecule has 0 bridgehead atoms. The number of hydrogen-bond acceptors (Lipinski definition) is 5. The molecule has 0 radical (unpaired) electrons. The van der Waals surface area contributed by atoms with Gasteiger partial charge in [-0.2, -0.15) is 15.8 Å². The minimum absolute atomic E-state index is 0.356. The van der Waals surface area contributed by atoms with Crippen LogP contribution in [0.25, 0.3) is 98.6 Å². The van der Waals surface area contributed by atoms with Crippen LogP contribution in [0.1, 0.15) is 16.7 Å². The second-order valence-corrected chi connectivity index (χ2v) is 14.2. The van der Waals surface area contributed by atoms with Crippen molar-refractivity contribution in [2.45, 2.75) is 0 Å². The predicted molar refractivity (Wildman–Crippen MR) is 234 cm³/mol. The van der Waals surface area contributed by atoms with E-state index in [2.05, 4.69) is 37.0 Å². The van der Waals surface area contributed by atoms with Gasteiger partial charge in [0.2, 0.25) is 0 Å². The summed E-state index contributed by atoms with van der Waals surface area (Å²) in [6.45, 7) is 15.7. The molecule has 3 heterocycles. The molecule has 0 N–H and O–H groups in total. The van der Waals surface area contributed by atoms with Crippen molar-refractivity contribution in [2.75, 3.05) is 0 Å². The highest BCUT2D eigenvalue weighted by Gasteiger charge is 2.26. The lowest BCUT2D eigenvalue weighted by Gasteiger charge is -2.21. The maximum Gasteiger partial charge on any atom is 0.188 e. The largest absolute Gasteiger partial charge is 0.309 e. The minimum Gasteiger partial charge on any atom is -0.309 e. The fourth-order valence-electron chi connectivity index (χ4n) is 8.15. The molecule has 0 saturated carbocycles. The van der Waals surface area contributed by atoms with Gasteiger partial charge in [0.1, 0.15) is 0 Å². The van der Waals surface area contributed by atoms with Crippen molar-refractivity contribution in [1.82, 2.24) is 19.1 Å². The monoisotopic (exact) mass is 763 g/mol.